The Kier molecular flexibility index (Phi) is 2.27. The highest BCUT2D eigenvalue weighted by Gasteiger charge is 2.33. The highest BCUT2D eigenvalue weighted by molar-refractivity contribution is 5.14. The molecule has 0 aromatic carbocycles. The van der Waals surface area contributed by atoms with E-state index in [-0.39, 0.29) is 11.9 Å². The predicted molar refractivity (Wildman–Crippen MR) is 48.7 cm³/mol. The van der Waals surface area contributed by atoms with Crippen molar-refractivity contribution in [1.82, 2.24) is 10.3 Å². The molecule has 13 heavy (non-hydrogen) atoms. The van der Waals surface area contributed by atoms with Crippen LogP contribution in [0.5, 0.6) is 0 Å². The largest absolute Gasteiger partial charge is 0.311 e. The first-order valence-corrected chi connectivity index (χ1v) is 4.60. The summed E-state index contributed by atoms with van der Waals surface area (Å²) in [5.74, 6) is 0.378. The molecule has 1 fully saturated rings. The molecule has 1 aliphatic rings. The molecule has 0 spiro atoms. The molecule has 1 saturated carbocycles. The summed E-state index contributed by atoms with van der Waals surface area (Å²) in [5, 5.41) is 3.12. The zero-order valence-electron chi connectivity index (χ0n) is 7.63. The minimum atomic E-state index is -0.200. The molecule has 2 rings (SSSR count). The topological polar surface area (TPSA) is 24.9 Å². The van der Waals surface area contributed by atoms with Gasteiger partial charge in [-0.3, -0.25) is 4.98 Å². The third kappa shape index (κ3) is 1.70. The zero-order valence-corrected chi connectivity index (χ0v) is 7.63. The fourth-order valence-corrected chi connectivity index (χ4v) is 1.65. The second-order valence-electron chi connectivity index (χ2n) is 3.47. The van der Waals surface area contributed by atoms with Crippen LogP contribution in [0.1, 0.15) is 24.6 Å². The van der Waals surface area contributed by atoms with Crippen molar-refractivity contribution in [3.63, 3.8) is 0 Å². The number of nitrogens with zero attached hydrogens (tertiary/aromatic N) is 1. The predicted octanol–water partition coefficient (Wildman–Crippen LogP) is 1.89. The van der Waals surface area contributed by atoms with Gasteiger partial charge in [0.15, 0.2) is 0 Å². The highest BCUT2D eigenvalue weighted by atomic mass is 19.1. The second-order valence-corrected chi connectivity index (χ2v) is 3.47. The van der Waals surface area contributed by atoms with E-state index in [1.807, 2.05) is 7.05 Å². The lowest BCUT2D eigenvalue weighted by Gasteiger charge is -2.14. The van der Waals surface area contributed by atoms with Crippen molar-refractivity contribution in [3.05, 3.63) is 29.8 Å². The molecule has 1 aromatic heterocycles. The SMILES string of the molecule is CNC(c1ncccc1F)C1CC1. The fraction of sp³-hybridized carbons (Fsp3) is 0.500. The average molecular weight is 180 g/mol. The van der Waals surface area contributed by atoms with Crippen LogP contribution in [0, 0.1) is 11.7 Å². The summed E-state index contributed by atoms with van der Waals surface area (Å²) in [6, 6.07) is 3.19. The van der Waals surface area contributed by atoms with E-state index in [0.717, 1.165) is 0 Å². The number of pyridine rings is 1. The summed E-state index contributed by atoms with van der Waals surface area (Å²) in [6.07, 6.45) is 4.01. The number of aromatic nitrogens is 1. The minimum Gasteiger partial charge on any atom is -0.311 e. The Morgan fingerprint density at radius 2 is 2.38 bits per heavy atom. The lowest BCUT2D eigenvalue weighted by molar-refractivity contribution is 0.477. The Morgan fingerprint density at radius 1 is 1.62 bits per heavy atom. The monoisotopic (exact) mass is 180 g/mol. The standard InChI is InChI=1S/C10H13FN2/c1-12-9(7-4-5-7)10-8(11)3-2-6-13-10/h2-3,6-7,9,12H,4-5H2,1H3. The lowest BCUT2D eigenvalue weighted by atomic mass is 10.1. The van der Waals surface area contributed by atoms with Crippen molar-refractivity contribution in [1.29, 1.82) is 0 Å². The second kappa shape index (κ2) is 3.42. The van der Waals surface area contributed by atoms with Crippen LogP contribution in [-0.4, -0.2) is 12.0 Å². The van der Waals surface area contributed by atoms with Gasteiger partial charge in [-0.05, 0) is 37.9 Å². The number of hydrogen-bond acceptors (Lipinski definition) is 2. The van der Waals surface area contributed by atoms with Crippen LogP contribution < -0.4 is 5.32 Å². The van der Waals surface area contributed by atoms with E-state index in [1.165, 1.54) is 18.9 Å². The van der Waals surface area contributed by atoms with Gasteiger partial charge in [0.05, 0.1) is 11.7 Å². The van der Waals surface area contributed by atoms with Crippen LogP contribution in [0.2, 0.25) is 0 Å². The highest BCUT2D eigenvalue weighted by Crippen LogP contribution is 2.40. The van der Waals surface area contributed by atoms with Crippen LogP contribution >= 0.6 is 0 Å². The van der Waals surface area contributed by atoms with Crippen molar-refractivity contribution in [2.75, 3.05) is 7.05 Å². The van der Waals surface area contributed by atoms with Crippen molar-refractivity contribution in [3.8, 4) is 0 Å². The van der Waals surface area contributed by atoms with Crippen LogP contribution in [-0.2, 0) is 0 Å². The molecule has 1 unspecified atom stereocenters. The molecular formula is C10H13FN2. The Morgan fingerprint density at radius 3 is 2.92 bits per heavy atom. The summed E-state index contributed by atoms with van der Waals surface area (Å²) in [6.45, 7) is 0. The molecule has 1 N–H and O–H groups in total. The maximum absolute atomic E-state index is 13.3. The van der Waals surface area contributed by atoms with Gasteiger partial charge >= 0.3 is 0 Å². The van der Waals surface area contributed by atoms with E-state index in [9.17, 15) is 4.39 Å². The first kappa shape index (κ1) is 8.63. The Hall–Kier alpha value is -0.960. The molecule has 1 heterocycles. The molecule has 70 valence electrons. The van der Waals surface area contributed by atoms with Crippen LogP contribution in [0.3, 0.4) is 0 Å². The Bertz CT molecular complexity index is 297. The lowest BCUT2D eigenvalue weighted by Crippen LogP contribution is -2.20. The molecule has 1 aromatic rings. The number of nitrogens with one attached hydrogen (secondary N) is 1. The number of hydrogen-bond donors (Lipinski definition) is 1. The van der Waals surface area contributed by atoms with Gasteiger partial charge in [-0.1, -0.05) is 0 Å². The maximum atomic E-state index is 13.3. The summed E-state index contributed by atoms with van der Waals surface area (Å²) in [4.78, 5) is 4.07. The van der Waals surface area contributed by atoms with Crippen LogP contribution in [0.4, 0.5) is 4.39 Å². The third-order valence-electron chi connectivity index (χ3n) is 2.49. The van der Waals surface area contributed by atoms with Crippen molar-refractivity contribution in [2.45, 2.75) is 18.9 Å². The molecule has 1 aliphatic carbocycles. The van der Waals surface area contributed by atoms with Crippen molar-refractivity contribution >= 4 is 0 Å². The number of rotatable bonds is 3. The van der Waals surface area contributed by atoms with Crippen molar-refractivity contribution < 1.29 is 4.39 Å². The fourth-order valence-electron chi connectivity index (χ4n) is 1.65. The first-order valence-electron chi connectivity index (χ1n) is 4.60. The summed E-state index contributed by atoms with van der Waals surface area (Å²) < 4.78 is 13.3. The Balaban J connectivity index is 2.26. The van der Waals surface area contributed by atoms with Crippen LogP contribution in [0.25, 0.3) is 0 Å². The minimum absolute atomic E-state index is 0.0983. The average Bonchev–Trinajstić information content (AvgIpc) is 2.93. The van der Waals surface area contributed by atoms with Crippen LogP contribution in [0.15, 0.2) is 18.3 Å². The van der Waals surface area contributed by atoms with E-state index in [4.69, 9.17) is 0 Å². The van der Waals surface area contributed by atoms with Gasteiger partial charge in [0.1, 0.15) is 5.82 Å². The molecule has 0 aliphatic heterocycles. The van der Waals surface area contributed by atoms with Crippen molar-refractivity contribution in [2.24, 2.45) is 5.92 Å². The van der Waals surface area contributed by atoms with E-state index in [1.54, 1.807) is 12.3 Å². The van der Waals surface area contributed by atoms with Gasteiger partial charge in [0, 0.05) is 6.20 Å². The quantitative estimate of drug-likeness (QED) is 0.768. The van der Waals surface area contributed by atoms with Gasteiger partial charge in [-0.2, -0.15) is 0 Å². The van der Waals surface area contributed by atoms with Gasteiger partial charge in [-0.25, -0.2) is 4.39 Å². The van der Waals surface area contributed by atoms with E-state index >= 15 is 0 Å². The third-order valence-corrected chi connectivity index (χ3v) is 2.49. The van der Waals surface area contributed by atoms with Gasteiger partial charge < -0.3 is 5.32 Å². The normalized spacial score (nSPS) is 18.6. The molecule has 3 heteroatoms. The van der Waals surface area contributed by atoms with E-state index < -0.39 is 0 Å². The maximum Gasteiger partial charge on any atom is 0.146 e. The summed E-state index contributed by atoms with van der Waals surface area (Å²) in [7, 11) is 1.86. The summed E-state index contributed by atoms with van der Waals surface area (Å²) in [5.41, 5.74) is 0.563. The number of halogens is 1. The first-order chi connectivity index (χ1) is 6.33. The summed E-state index contributed by atoms with van der Waals surface area (Å²) >= 11 is 0. The van der Waals surface area contributed by atoms with Gasteiger partial charge in [0.25, 0.3) is 0 Å². The molecule has 2 nitrogen and oxygen atoms in total. The smallest absolute Gasteiger partial charge is 0.146 e. The molecule has 0 bridgehead atoms. The zero-order chi connectivity index (χ0) is 9.26. The van der Waals surface area contributed by atoms with Gasteiger partial charge in [-0.15, -0.1) is 0 Å². The Labute approximate surface area is 77.2 Å². The van der Waals surface area contributed by atoms with E-state index in [2.05, 4.69) is 10.3 Å². The molecular weight excluding hydrogens is 167 g/mol. The molecule has 0 amide bonds. The van der Waals surface area contributed by atoms with Gasteiger partial charge in [0.2, 0.25) is 0 Å². The molecule has 0 radical (unpaired) electrons. The molecule has 1 atom stereocenters. The van der Waals surface area contributed by atoms with E-state index in [0.29, 0.717) is 11.6 Å². The molecule has 0 saturated heterocycles.